The Bertz CT molecular complexity index is 807. The molecule has 0 bridgehead atoms. The van der Waals surface area contributed by atoms with Crippen LogP contribution >= 0.6 is 11.3 Å². The van der Waals surface area contributed by atoms with Crippen LogP contribution in [0, 0.1) is 0 Å². The van der Waals surface area contributed by atoms with Gasteiger partial charge in [0.25, 0.3) is 5.91 Å². The standard InChI is InChI=1S/C18H19N3O3S/c22-17(18-20-13-4-1-2-6-16(13)25-18)19-12-14(15-5-3-9-24-15)21-7-10-23-11-8-21/h1-6,9,14H,7-8,10-12H2,(H,19,22)/t14-/m1/s1. The number of nitrogens with one attached hydrogen (secondary N) is 1. The summed E-state index contributed by atoms with van der Waals surface area (Å²) in [6.45, 7) is 3.51. The lowest BCUT2D eigenvalue weighted by molar-refractivity contribution is 0.0118. The number of nitrogens with zero attached hydrogens (tertiary/aromatic N) is 2. The number of aromatic nitrogens is 1. The van der Waals surface area contributed by atoms with Crippen molar-refractivity contribution in [3.63, 3.8) is 0 Å². The number of carbonyl (C=O) groups excluding carboxylic acids is 1. The van der Waals surface area contributed by atoms with Gasteiger partial charge < -0.3 is 14.5 Å². The number of furan rings is 1. The van der Waals surface area contributed by atoms with Crippen LogP contribution in [0.5, 0.6) is 0 Å². The van der Waals surface area contributed by atoms with E-state index in [0.29, 0.717) is 24.8 Å². The summed E-state index contributed by atoms with van der Waals surface area (Å²) < 4.78 is 12.0. The van der Waals surface area contributed by atoms with Gasteiger partial charge in [0, 0.05) is 19.6 Å². The number of rotatable bonds is 5. The van der Waals surface area contributed by atoms with E-state index in [4.69, 9.17) is 9.15 Å². The Balaban J connectivity index is 1.47. The first-order valence-electron chi connectivity index (χ1n) is 8.30. The van der Waals surface area contributed by atoms with Gasteiger partial charge in [0.05, 0.1) is 35.7 Å². The van der Waals surface area contributed by atoms with Crippen molar-refractivity contribution >= 4 is 27.5 Å². The van der Waals surface area contributed by atoms with E-state index in [9.17, 15) is 4.79 Å². The van der Waals surface area contributed by atoms with Crippen molar-refractivity contribution in [2.45, 2.75) is 6.04 Å². The number of fused-ring (bicyclic) bond motifs is 1. The van der Waals surface area contributed by atoms with Gasteiger partial charge in [-0.25, -0.2) is 4.98 Å². The van der Waals surface area contributed by atoms with Gasteiger partial charge in [-0.15, -0.1) is 11.3 Å². The largest absolute Gasteiger partial charge is 0.468 e. The second-order valence-corrected chi connectivity index (χ2v) is 6.91. The van der Waals surface area contributed by atoms with Crippen molar-refractivity contribution < 1.29 is 13.9 Å². The Morgan fingerprint density at radius 2 is 2.08 bits per heavy atom. The van der Waals surface area contributed by atoms with E-state index in [1.807, 2.05) is 36.4 Å². The Morgan fingerprint density at radius 3 is 2.84 bits per heavy atom. The molecule has 1 atom stereocenters. The highest BCUT2D eigenvalue weighted by Crippen LogP contribution is 2.23. The average molecular weight is 357 g/mol. The summed E-state index contributed by atoms with van der Waals surface area (Å²) in [6, 6.07) is 11.6. The molecule has 0 radical (unpaired) electrons. The van der Waals surface area contributed by atoms with Crippen molar-refractivity contribution in [3.05, 3.63) is 53.4 Å². The molecule has 6 nitrogen and oxygen atoms in total. The van der Waals surface area contributed by atoms with Crippen molar-refractivity contribution in [1.82, 2.24) is 15.2 Å². The molecular weight excluding hydrogens is 338 g/mol. The summed E-state index contributed by atoms with van der Waals surface area (Å²) in [6.07, 6.45) is 1.66. The van der Waals surface area contributed by atoms with Gasteiger partial charge in [0.2, 0.25) is 0 Å². The topological polar surface area (TPSA) is 67.6 Å². The number of thiazole rings is 1. The molecule has 3 heterocycles. The van der Waals surface area contributed by atoms with Crippen LogP contribution in [0.25, 0.3) is 10.2 Å². The van der Waals surface area contributed by atoms with E-state index >= 15 is 0 Å². The molecule has 0 unspecified atom stereocenters. The molecule has 0 spiro atoms. The van der Waals surface area contributed by atoms with Crippen molar-refractivity contribution in [1.29, 1.82) is 0 Å². The number of carbonyl (C=O) groups is 1. The zero-order valence-corrected chi connectivity index (χ0v) is 14.5. The van der Waals surface area contributed by atoms with Crippen LogP contribution in [0.3, 0.4) is 0 Å². The number of benzene rings is 1. The highest BCUT2D eigenvalue weighted by Gasteiger charge is 2.25. The SMILES string of the molecule is O=C(NC[C@H](c1ccco1)N1CCOCC1)c1nc2ccccc2s1. The molecule has 1 aliphatic rings. The normalized spacial score (nSPS) is 16.8. The van der Waals surface area contributed by atoms with Gasteiger partial charge in [0.1, 0.15) is 5.76 Å². The summed E-state index contributed by atoms with van der Waals surface area (Å²) in [4.78, 5) is 19.2. The van der Waals surface area contributed by atoms with Gasteiger partial charge in [-0.1, -0.05) is 12.1 Å². The average Bonchev–Trinajstić information content (AvgIpc) is 3.32. The molecule has 0 aliphatic carbocycles. The molecule has 1 amide bonds. The van der Waals surface area contributed by atoms with Crippen LogP contribution in [-0.4, -0.2) is 48.6 Å². The molecular formula is C18H19N3O3S. The highest BCUT2D eigenvalue weighted by molar-refractivity contribution is 7.20. The summed E-state index contributed by atoms with van der Waals surface area (Å²) in [5.41, 5.74) is 0.855. The maximum absolute atomic E-state index is 12.5. The Hall–Kier alpha value is -2.22. The van der Waals surface area contributed by atoms with Crippen LogP contribution in [0.4, 0.5) is 0 Å². The Labute approximate surface area is 149 Å². The van der Waals surface area contributed by atoms with Crippen LogP contribution in [0.15, 0.2) is 47.1 Å². The Kier molecular flexibility index (Phi) is 4.78. The first-order valence-corrected chi connectivity index (χ1v) is 9.12. The third-order valence-electron chi connectivity index (χ3n) is 4.30. The summed E-state index contributed by atoms with van der Waals surface area (Å²) in [5, 5.41) is 3.50. The molecule has 130 valence electrons. The van der Waals surface area contributed by atoms with Crippen molar-refractivity contribution in [2.75, 3.05) is 32.8 Å². The third-order valence-corrected chi connectivity index (χ3v) is 5.34. The van der Waals surface area contributed by atoms with Crippen LogP contribution in [0.1, 0.15) is 21.6 Å². The lowest BCUT2D eigenvalue weighted by Gasteiger charge is -2.33. The number of hydrogen-bond acceptors (Lipinski definition) is 6. The molecule has 0 saturated carbocycles. The van der Waals surface area contributed by atoms with Gasteiger partial charge in [-0.2, -0.15) is 0 Å². The van der Waals surface area contributed by atoms with Crippen LogP contribution in [0.2, 0.25) is 0 Å². The van der Waals surface area contributed by atoms with E-state index in [-0.39, 0.29) is 11.9 Å². The van der Waals surface area contributed by atoms with E-state index < -0.39 is 0 Å². The van der Waals surface area contributed by atoms with Crippen molar-refractivity contribution in [2.24, 2.45) is 0 Å². The number of ether oxygens (including phenoxy) is 1. The van der Waals surface area contributed by atoms with E-state index in [1.54, 1.807) is 6.26 Å². The fraction of sp³-hybridized carbons (Fsp3) is 0.333. The minimum Gasteiger partial charge on any atom is -0.468 e. The van der Waals surface area contributed by atoms with Crippen LogP contribution in [-0.2, 0) is 4.74 Å². The molecule has 25 heavy (non-hydrogen) atoms. The molecule has 1 aromatic carbocycles. The molecule has 1 fully saturated rings. The van der Waals surface area contributed by atoms with Crippen LogP contribution < -0.4 is 5.32 Å². The molecule has 1 aliphatic heterocycles. The predicted octanol–water partition coefficient (Wildman–Crippen LogP) is 2.69. The Morgan fingerprint density at radius 1 is 1.24 bits per heavy atom. The van der Waals surface area contributed by atoms with E-state index in [2.05, 4.69) is 15.2 Å². The minimum absolute atomic E-state index is 0.00257. The maximum atomic E-state index is 12.5. The van der Waals surface area contributed by atoms with E-state index in [0.717, 1.165) is 29.1 Å². The lowest BCUT2D eigenvalue weighted by atomic mass is 10.1. The smallest absolute Gasteiger partial charge is 0.280 e. The maximum Gasteiger partial charge on any atom is 0.280 e. The molecule has 1 N–H and O–H groups in total. The zero-order valence-electron chi connectivity index (χ0n) is 13.7. The quantitative estimate of drug-likeness (QED) is 0.760. The van der Waals surface area contributed by atoms with Gasteiger partial charge in [-0.05, 0) is 24.3 Å². The number of morpholine rings is 1. The number of amides is 1. The number of para-hydroxylation sites is 1. The lowest BCUT2D eigenvalue weighted by Crippen LogP contribution is -2.43. The highest BCUT2D eigenvalue weighted by atomic mass is 32.1. The van der Waals surface area contributed by atoms with Gasteiger partial charge in [0.15, 0.2) is 5.01 Å². The minimum atomic E-state index is -0.147. The molecule has 2 aromatic heterocycles. The summed E-state index contributed by atoms with van der Waals surface area (Å²) in [5.74, 6) is 0.706. The number of hydrogen-bond donors (Lipinski definition) is 1. The van der Waals surface area contributed by atoms with Crippen molar-refractivity contribution in [3.8, 4) is 0 Å². The third kappa shape index (κ3) is 3.58. The first-order chi connectivity index (χ1) is 12.3. The molecule has 4 rings (SSSR count). The molecule has 7 heteroatoms. The predicted molar refractivity (Wildman–Crippen MR) is 95.8 cm³/mol. The zero-order chi connectivity index (χ0) is 17.1. The molecule has 1 saturated heterocycles. The van der Waals surface area contributed by atoms with Gasteiger partial charge in [-0.3, -0.25) is 9.69 Å². The summed E-state index contributed by atoms with van der Waals surface area (Å²) >= 11 is 1.41. The second-order valence-electron chi connectivity index (χ2n) is 5.88. The molecule has 3 aromatic rings. The summed E-state index contributed by atoms with van der Waals surface area (Å²) in [7, 11) is 0. The van der Waals surface area contributed by atoms with Gasteiger partial charge >= 0.3 is 0 Å². The monoisotopic (exact) mass is 357 g/mol. The fourth-order valence-electron chi connectivity index (χ4n) is 3.01. The first kappa shape index (κ1) is 16.3. The van der Waals surface area contributed by atoms with E-state index in [1.165, 1.54) is 11.3 Å². The second kappa shape index (κ2) is 7.35. The fourth-order valence-corrected chi connectivity index (χ4v) is 3.90.